The van der Waals surface area contributed by atoms with E-state index in [1.165, 1.54) is 28.8 Å². The molecule has 0 saturated heterocycles. The largest absolute Gasteiger partial charge is 0.321 e. The van der Waals surface area contributed by atoms with E-state index < -0.39 is 0 Å². The van der Waals surface area contributed by atoms with Gasteiger partial charge in [0.1, 0.15) is 5.82 Å². The highest BCUT2D eigenvalue weighted by atomic mass is 79.9. The molecule has 3 heteroatoms. The lowest BCUT2D eigenvalue weighted by molar-refractivity contribution is 0.753. The molecule has 120 valence electrons. The summed E-state index contributed by atoms with van der Waals surface area (Å²) in [5, 5.41) is 2.40. The maximum atomic E-state index is 4.96. The van der Waals surface area contributed by atoms with Crippen LogP contribution in [0, 0.1) is 0 Å². The maximum Gasteiger partial charge on any atom is 0.141 e. The zero-order chi connectivity index (χ0) is 16.7. The Morgan fingerprint density at radius 3 is 2.75 bits per heavy atom. The van der Waals surface area contributed by atoms with Gasteiger partial charge in [-0.3, -0.25) is 0 Å². The highest BCUT2D eigenvalue weighted by Crippen LogP contribution is 2.40. The van der Waals surface area contributed by atoms with E-state index in [9.17, 15) is 0 Å². The van der Waals surface area contributed by atoms with Crippen LogP contribution in [0.3, 0.4) is 0 Å². The molecule has 0 bridgehead atoms. The van der Waals surface area contributed by atoms with Crippen molar-refractivity contribution in [2.75, 3.05) is 0 Å². The molecule has 1 fully saturated rings. The van der Waals surface area contributed by atoms with E-state index in [4.69, 9.17) is 4.98 Å². The van der Waals surface area contributed by atoms with Crippen LogP contribution < -0.4 is 10.4 Å². The molecule has 0 unspecified atom stereocenters. The molecule has 1 heterocycles. The Morgan fingerprint density at radius 1 is 1.25 bits per heavy atom. The van der Waals surface area contributed by atoms with Crippen molar-refractivity contribution >= 4 is 38.6 Å². The molecule has 0 radical (unpaired) electrons. The highest BCUT2D eigenvalue weighted by molar-refractivity contribution is 9.10. The Balaban J connectivity index is 2.12. The van der Waals surface area contributed by atoms with E-state index in [0.717, 1.165) is 21.4 Å². The summed E-state index contributed by atoms with van der Waals surface area (Å²) in [6.07, 6.45) is 6.52. The second-order valence-electron chi connectivity index (χ2n) is 6.16. The molecule has 0 amide bonds. The number of aromatic nitrogens is 2. The summed E-state index contributed by atoms with van der Waals surface area (Å²) in [6, 6.07) is 15.3. The summed E-state index contributed by atoms with van der Waals surface area (Å²) in [7, 11) is 0. The number of rotatable bonds is 3. The number of hydrogen-bond acceptors (Lipinski definition) is 1. The van der Waals surface area contributed by atoms with Gasteiger partial charge in [-0.2, -0.15) is 0 Å². The normalized spacial score (nSPS) is 16.5. The first-order valence-corrected chi connectivity index (χ1v) is 9.08. The van der Waals surface area contributed by atoms with E-state index >= 15 is 0 Å². The molecule has 0 aliphatic heterocycles. The Morgan fingerprint density at radius 2 is 2.04 bits per heavy atom. The summed E-state index contributed by atoms with van der Waals surface area (Å²) >= 11 is 3.59. The first-order chi connectivity index (χ1) is 11.7. The molecule has 2 aromatic carbocycles. The number of allylic oxidation sites excluding steroid dienone is 1. The van der Waals surface area contributed by atoms with Crippen LogP contribution in [-0.2, 0) is 0 Å². The van der Waals surface area contributed by atoms with E-state index in [-0.39, 0.29) is 0 Å². The van der Waals surface area contributed by atoms with Crippen LogP contribution in [-0.4, -0.2) is 9.55 Å². The fourth-order valence-electron chi connectivity index (χ4n) is 3.27. The molecule has 1 aliphatic carbocycles. The van der Waals surface area contributed by atoms with Crippen molar-refractivity contribution in [3.8, 4) is 0 Å². The molecule has 4 rings (SSSR count). The predicted octanol–water partition coefficient (Wildman–Crippen LogP) is 4.32. The topological polar surface area (TPSA) is 17.8 Å². The third-order valence-electron chi connectivity index (χ3n) is 4.57. The van der Waals surface area contributed by atoms with Gasteiger partial charge in [-0.05, 0) is 48.4 Å². The number of imidazole rings is 1. The number of halogens is 1. The minimum absolute atomic E-state index is 0.548. The minimum atomic E-state index is 0.548. The Hall–Kier alpha value is -2.13. The summed E-state index contributed by atoms with van der Waals surface area (Å²) in [4.78, 5) is 4.96. The zero-order valence-electron chi connectivity index (χ0n) is 13.7. The second kappa shape index (κ2) is 6.06. The predicted molar refractivity (Wildman–Crippen MR) is 104 cm³/mol. The van der Waals surface area contributed by atoms with Crippen LogP contribution in [0.25, 0.3) is 22.7 Å². The van der Waals surface area contributed by atoms with Gasteiger partial charge in [-0.1, -0.05) is 58.9 Å². The van der Waals surface area contributed by atoms with Gasteiger partial charge in [0.25, 0.3) is 0 Å². The van der Waals surface area contributed by atoms with E-state index in [1.54, 1.807) is 0 Å². The van der Waals surface area contributed by atoms with Crippen molar-refractivity contribution in [1.82, 2.24) is 9.55 Å². The Labute approximate surface area is 150 Å². The summed E-state index contributed by atoms with van der Waals surface area (Å²) < 4.78 is 3.48. The molecule has 1 saturated carbocycles. The number of benzene rings is 2. The van der Waals surface area contributed by atoms with Crippen molar-refractivity contribution in [3.63, 3.8) is 0 Å². The first kappa shape index (κ1) is 15.4. The lowest BCUT2D eigenvalue weighted by Crippen LogP contribution is -2.27. The van der Waals surface area contributed by atoms with Crippen molar-refractivity contribution < 1.29 is 0 Å². The van der Waals surface area contributed by atoms with Crippen LogP contribution in [0.15, 0.2) is 59.6 Å². The third-order valence-corrected chi connectivity index (χ3v) is 5.06. The van der Waals surface area contributed by atoms with Crippen molar-refractivity contribution in [2.45, 2.75) is 25.8 Å². The standard InChI is InChI=1S/C21H19BrN2/c1-3-14-7-5-6-8-18(14)17(4-2)21-23-19-12-9-15(22)13-20(19)24(21)16-10-11-16/h3-9,12-13,16H,2,10-11H2,1H3/b14-3-,18-17+. The molecule has 2 nitrogen and oxygen atoms in total. The smallest absolute Gasteiger partial charge is 0.141 e. The van der Waals surface area contributed by atoms with E-state index in [2.05, 4.69) is 82.5 Å². The van der Waals surface area contributed by atoms with Gasteiger partial charge in [-0.15, -0.1) is 0 Å². The van der Waals surface area contributed by atoms with Crippen molar-refractivity contribution in [3.05, 3.63) is 75.9 Å². The molecule has 24 heavy (non-hydrogen) atoms. The van der Waals surface area contributed by atoms with Crippen LogP contribution >= 0.6 is 15.9 Å². The minimum Gasteiger partial charge on any atom is -0.321 e. The van der Waals surface area contributed by atoms with Crippen molar-refractivity contribution in [2.24, 2.45) is 0 Å². The molecule has 1 aliphatic rings. The fourth-order valence-corrected chi connectivity index (χ4v) is 3.62. The molecule has 1 aromatic heterocycles. The van der Waals surface area contributed by atoms with Crippen LogP contribution in [0.4, 0.5) is 0 Å². The van der Waals surface area contributed by atoms with Gasteiger partial charge < -0.3 is 4.57 Å². The lowest BCUT2D eigenvalue weighted by atomic mass is 10.1. The average Bonchev–Trinajstić information content (AvgIpc) is 3.37. The lowest BCUT2D eigenvalue weighted by Gasteiger charge is -2.09. The summed E-state index contributed by atoms with van der Waals surface area (Å²) in [6.45, 7) is 6.15. The van der Waals surface area contributed by atoms with Gasteiger partial charge >= 0.3 is 0 Å². The SMILES string of the molecule is C=C/C(c1nc2ccc(Br)cc2n1C1CC1)=c1/cccc/c1=C/C. The quantitative estimate of drug-likeness (QED) is 0.663. The number of hydrogen-bond donors (Lipinski definition) is 0. The Kier molecular flexibility index (Phi) is 3.89. The van der Waals surface area contributed by atoms with Gasteiger partial charge in [0, 0.05) is 16.1 Å². The van der Waals surface area contributed by atoms with E-state index in [1.807, 2.05) is 6.08 Å². The second-order valence-corrected chi connectivity index (χ2v) is 7.08. The molecular formula is C21H19BrN2. The summed E-state index contributed by atoms with van der Waals surface area (Å²) in [5.74, 6) is 1.02. The third kappa shape index (κ3) is 2.53. The highest BCUT2D eigenvalue weighted by Gasteiger charge is 2.29. The molecule has 0 atom stereocenters. The van der Waals surface area contributed by atoms with Crippen LogP contribution in [0.5, 0.6) is 0 Å². The van der Waals surface area contributed by atoms with Gasteiger partial charge in [0.15, 0.2) is 0 Å². The molecule has 0 spiro atoms. The molecule has 3 aromatic rings. The fraction of sp³-hybridized carbons (Fsp3) is 0.190. The van der Waals surface area contributed by atoms with Crippen molar-refractivity contribution in [1.29, 1.82) is 0 Å². The van der Waals surface area contributed by atoms with Crippen LogP contribution in [0.1, 0.15) is 31.6 Å². The maximum absolute atomic E-state index is 4.96. The molecule has 0 N–H and O–H groups in total. The van der Waals surface area contributed by atoms with Crippen LogP contribution in [0.2, 0.25) is 0 Å². The van der Waals surface area contributed by atoms with Gasteiger partial charge in [0.05, 0.1) is 11.0 Å². The Bertz CT molecular complexity index is 1060. The van der Waals surface area contributed by atoms with E-state index in [0.29, 0.717) is 6.04 Å². The number of nitrogens with zero attached hydrogens (tertiary/aromatic N) is 2. The first-order valence-electron chi connectivity index (χ1n) is 8.29. The summed E-state index contributed by atoms with van der Waals surface area (Å²) in [5.41, 5.74) is 3.33. The molecular weight excluding hydrogens is 360 g/mol. The van der Waals surface area contributed by atoms with Gasteiger partial charge in [-0.25, -0.2) is 4.98 Å². The zero-order valence-corrected chi connectivity index (χ0v) is 15.3. The van der Waals surface area contributed by atoms with Gasteiger partial charge in [0.2, 0.25) is 0 Å². The number of fused-ring (bicyclic) bond motifs is 1. The monoisotopic (exact) mass is 378 g/mol. The average molecular weight is 379 g/mol.